The van der Waals surface area contributed by atoms with Gasteiger partial charge in [-0.3, -0.25) is 9.69 Å². The molecule has 1 aliphatic rings. The fourth-order valence-corrected chi connectivity index (χ4v) is 2.54. The Morgan fingerprint density at radius 1 is 1.29 bits per heavy atom. The summed E-state index contributed by atoms with van der Waals surface area (Å²) in [6.45, 7) is 2.03. The van der Waals surface area contributed by atoms with E-state index in [1.165, 1.54) is 13.4 Å². The van der Waals surface area contributed by atoms with E-state index < -0.39 is 12.0 Å². The summed E-state index contributed by atoms with van der Waals surface area (Å²) in [4.78, 5) is 28.6. The molecule has 2 aromatic rings. The molecule has 1 aliphatic heterocycles. The van der Waals surface area contributed by atoms with E-state index in [0.29, 0.717) is 31.7 Å². The summed E-state index contributed by atoms with van der Waals surface area (Å²) in [5, 5.41) is 0. The predicted octanol–water partition coefficient (Wildman–Crippen LogP) is 0.667. The lowest BCUT2D eigenvalue weighted by Gasteiger charge is -2.34. The highest BCUT2D eigenvalue weighted by atomic mass is 19.4. The number of carbonyl (C=O) groups is 1. The number of fused-ring (bicyclic) bond motifs is 1. The molecule has 1 N–H and O–H groups in total. The molecule has 11 heteroatoms. The number of anilines is 1. The lowest BCUT2D eigenvalue weighted by molar-refractivity contribution is -0.145. The van der Waals surface area contributed by atoms with Crippen LogP contribution in [-0.4, -0.2) is 70.6 Å². The maximum absolute atomic E-state index is 13.0. The summed E-state index contributed by atoms with van der Waals surface area (Å²) >= 11 is 0. The molecule has 1 fully saturated rings. The number of nitrogens with zero attached hydrogens (tertiary/aromatic N) is 5. The van der Waals surface area contributed by atoms with E-state index in [0.717, 1.165) is 0 Å². The van der Waals surface area contributed by atoms with Crippen LogP contribution in [0.5, 0.6) is 0 Å². The van der Waals surface area contributed by atoms with Crippen molar-refractivity contribution in [1.82, 2.24) is 24.8 Å². The first-order chi connectivity index (χ1) is 11.4. The zero-order valence-electron chi connectivity index (χ0n) is 12.8. The van der Waals surface area contributed by atoms with E-state index in [9.17, 15) is 18.0 Å². The van der Waals surface area contributed by atoms with Gasteiger partial charge >= 0.3 is 12.1 Å². The van der Waals surface area contributed by atoms with Gasteiger partial charge in [0, 0.05) is 26.2 Å². The molecular formula is C13H15F3N6O2. The molecule has 3 rings (SSSR count). The minimum atomic E-state index is -4.64. The first-order valence-corrected chi connectivity index (χ1v) is 7.21. The van der Waals surface area contributed by atoms with Gasteiger partial charge in [0.1, 0.15) is 5.52 Å². The first-order valence-electron chi connectivity index (χ1n) is 7.21. The SMILES string of the molecule is COC(=O)CN1CCN(c2nc(C(F)(F)F)nc3nc[nH]c23)CC1. The number of halogens is 3. The second kappa shape index (κ2) is 6.23. The van der Waals surface area contributed by atoms with Crippen LogP contribution in [0.1, 0.15) is 5.82 Å². The molecule has 0 aromatic carbocycles. The number of methoxy groups -OCH3 is 1. The lowest BCUT2D eigenvalue weighted by Crippen LogP contribution is -2.48. The van der Waals surface area contributed by atoms with Gasteiger partial charge in [0.2, 0.25) is 5.82 Å². The predicted molar refractivity (Wildman–Crippen MR) is 77.4 cm³/mol. The Kier molecular flexibility index (Phi) is 4.26. The van der Waals surface area contributed by atoms with Crippen molar-refractivity contribution < 1.29 is 22.7 Å². The molecule has 24 heavy (non-hydrogen) atoms. The molecule has 0 saturated carbocycles. The van der Waals surface area contributed by atoms with Crippen molar-refractivity contribution in [3.8, 4) is 0 Å². The van der Waals surface area contributed by atoms with Crippen molar-refractivity contribution in [1.29, 1.82) is 0 Å². The van der Waals surface area contributed by atoms with Crippen LogP contribution in [0.3, 0.4) is 0 Å². The minimum Gasteiger partial charge on any atom is -0.468 e. The number of nitrogens with one attached hydrogen (secondary N) is 1. The van der Waals surface area contributed by atoms with Crippen molar-refractivity contribution in [3.63, 3.8) is 0 Å². The van der Waals surface area contributed by atoms with Gasteiger partial charge in [-0.25, -0.2) is 15.0 Å². The summed E-state index contributed by atoms with van der Waals surface area (Å²) in [6.07, 6.45) is -3.36. The van der Waals surface area contributed by atoms with Gasteiger partial charge in [0.05, 0.1) is 20.0 Å². The topological polar surface area (TPSA) is 87.2 Å². The molecule has 0 amide bonds. The third-order valence-corrected chi connectivity index (χ3v) is 3.77. The number of rotatable bonds is 3. The highest BCUT2D eigenvalue weighted by Crippen LogP contribution is 2.30. The Bertz CT molecular complexity index is 739. The summed E-state index contributed by atoms with van der Waals surface area (Å²) in [6, 6.07) is 0. The molecule has 1 saturated heterocycles. The van der Waals surface area contributed by atoms with Crippen molar-refractivity contribution in [3.05, 3.63) is 12.2 Å². The van der Waals surface area contributed by atoms with Crippen molar-refractivity contribution in [2.75, 3.05) is 44.7 Å². The van der Waals surface area contributed by atoms with Crippen molar-refractivity contribution in [2.24, 2.45) is 0 Å². The number of carbonyl (C=O) groups excluding carboxylic acids is 1. The van der Waals surface area contributed by atoms with E-state index in [1.54, 1.807) is 4.90 Å². The van der Waals surface area contributed by atoms with Crippen LogP contribution < -0.4 is 4.90 Å². The Hall–Kier alpha value is -2.43. The van der Waals surface area contributed by atoms with E-state index in [4.69, 9.17) is 0 Å². The molecule has 3 heterocycles. The summed E-state index contributed by atoms with van der Waals surface area (Å²) in [5.74, 6) is -1.39. The highest BCUT2D eigenvalue weighted by molar-refractivity contribution is 5.83. The molecule has 2 aromatic heterocycles. The molecule has 0 radical (unpaired) electrons. The van der Waals surface area contributed by atoms with Crippen molar-refractivity contribution in [2.45, 2.75) is 6.18 Å². The van der Waals surface area contributed by atoms with Gasteiger partial charge in [-0.15, -0.1) is 0 Å². The second-order valence-corrected chi connectivity index (χ2v) is 5.31. The number of alkyl halides is 3. The lowest BCUT2D eigenvalue weighted by atomic mass is 10.3. The van der Waals surface area contributed by atoms with Crippen LogP contribution in [0.4, 0.5) is 19.0 Å². The van der Waals surface area contributed by atoms with Crippen LogP contribution >= 0.6 is 0 Å². The van der Waals surface area contributed by atoms with E-state index >= 15 is 0 Å². The zero-order valence-corrected chi connectivity index (χ0v) is 12.8. The fraction of sp³-hybridized carbons (Fsp3) is 0.538. The van der Waals surface area contributed by atoms with Crippen LogP contribution in [0, 0.1) is 0 Å². The normalized spacial score (nSPS) is 16.6. The molecule has 0 aliphatic carbocycles. The molecule has 0 spiro atoms. The molecule has 0 atom stereocenters. The number of imidazole rings is 1. The average molecular weight is 344 g/mol. The quantitative estimate of drug-likeness (QED) is 0.819. The maximum Gasteiger partial charge on any atom is 0.451 e. The Labute approximate surface area is 134 Å². The highest BCUT2D eigenvalue weighted by Gasteiger charge is 2.37. The molecule has 0 unspecified atom stereocenters. The van der Waals surface area contributed by atoms with Crippen LogP contribution in [0.15, 0.2) is 6.33 Å². The monoisotopic (exact) mass is 344 g/mol. The van der Waals surface area contributed by atoms with E-state index in [2.05, 4.69) is 24.7 Å². The van der Waals surface area contributed by atoms with Crippen LogP contribution in [0.2, 0.25) is 0 Å². The number of ether oxygens (including phenoxy) is 1. The van der Waals surface area contributed by atoms with Crippen LogP contribution in [0.25, 0.3) is 11.2 Å². The molecular weight excluding hydrogens is 329 g/mol. The van der Waals surface area contributed by atoms with Crippen molar-refractivity contribution >= 4 is 23.0 Å². The zero-order chi connectivity index (χ0) is 17.3. The third kappa shape index (κ3) is 3.25. The van der Waals surface area contributed by atoms with Gasteiger partial charge in [-0.2, -0.15) is 13.2 Å². The number of aromatic nitrogens is 4. The number of piperazine rings is 1. The summed E-state index contributed by atoms with van der Waals surface area (Å²) in [7, 11) is 1.31. The summed E-state index contributed by atoms with van der Waals surface area (Å²) in [5.41, 5.74) is 0.341. The minimum absolute atomic E-state index is 0.0238. The number of hydrogen-bond donors (Lipinski definition) is 1. The molecule has 0 bridgehead atoms. The Balaban J connectivity index is 1.82. The third-order valence-electron chi connectivity index (χ3n) is 3.77. The Morgan fingerprint density at radius 2 is 2.00 bits per heavy atom. The van der Waals surface area contributed by atoms with Gasteiger partial charge < -0.3 is 14.6 Å². The smallest absolute Gasteiger partial charge is 0.451 e. The van der Waals surface area contributed by atoms with Gasteiger partial charge in [-0.1, -0.05) is 0 Å². The van der Waals surface area contributed by atoms with Gasteiger partial charge in [0.25, 0.3) is 0 Å². The van der Waals surface area contributed by atoms with Gasteiger partial charge in [-0.05, 0) is 0 Å². The number of H-pyrrole nitrogens is 1. The van der Waals surface area contributed by atoms with E-state index in [-0.39, 0.29) is 24.0 Å². The average Bonchev–Trinajstić information content (AvgIpc) is 3.02. The first kappa shape index (κ1) is 16.4. The molecule has 8 nitrogen and oxygen atoms in total. The summed E-state index contributed by atoms with van der Waals surface area (Å²) < 4.78 is 43.5. The number of aromatic amines is 1. The largest absolute Gasteiger partial charge is 0.468 e. The fourth-order valence-electron chi connectivity index (χ4n) is 2.54. The second-order valence-electron chi connectivity index (χ2n) is 5.31. The van der Waals surface area contributed by atoms with Gasteiger partial charge in [0.15, 0.2) is 11.5 Å². The number of hydrogen-bond acceptors (Lipinski definition) is 7. The Morgan fingerprint density at radius 3 is 2.62 bits per heavy atom. The number of esters is 1. The van der Waals surface area contributed by atoms with Crippen LogP contribution in [-0.2, 0) is 15.7 Å². The molecule has 130 valence electrons. The standard InChI is InChI=1S/C13H15F3N6O2/c1-24-8(23)6-21-2-4-22(5-3-21)11-9-10(18-7-17-9)19-12(20-11)13(14,15)16/h7H,2-6H2,1H3,(H,17,18,19,20). The maximum atomic E-state index is 13.0. The van der Waals surface area contributed by atoms with E-state index in [1.807, 2.05) is 4.90 Å².